The Kier molecular flexibility index (Phi) is 4.76. The van der Waals surface area contributed by atoms with E-state index in [-0.39, 0.29) is 6.54 Å². The smallest absolute Gasteiger partial charge is 0.310 e. The summed E-state index contributed by atoms with van der Waals surface area (Å²) in [6.07, 6.45) is 0. The van der Waals surface area contributed by atoms with E-state index in [0.717, 1.165) is 0 Å². The largest absolute Gasteiger partial charge is 0.481 e. The highest BCUT2D eigenvalue weighted by Gasteiger charge is 2.28. The number of carbonyl (C=O) groups excluding carboxylic acids is 1. The van der Waals surface area contributed by atoms with Crippen LogP contribution < -0.4 is 5.32 Å². The SMILES string of the molecule is CC(C)(CNC(=O)c1cccc(Br)c1Cl)C(=O)O. The number of nitrogens with one attached hydrogen (secondary N) is 1. The first kappa shape index (κ1) is 15.0. The van der Waals surface area contributed by atoms with Crippen LogP contribution in [0.25, 0.3) is 0 Å². The van der Waals surface area contributed by atoms with Crippen molar-refractivity contribution in [3.05, 3.63) is 33.3 Å². The van der Waals surface area contributed by atoms with Crippen molar-refractivity contribution in [2.75, 3.05) is 6.54 Å². The normalized spacial score (nSPS) is 11.1. The van der Waals surface area contributed by atoms with Crippen molar-refractivity contribution >= 4 is 39.4 Å². The minimum atomic E-state index is -1.02. The van der Waals surface area contributed by atoms with E-state index in [4.69, 9.17) is 16.7 Å². The van der Waals surface area contributed by atoms with Crippen molar-refractivity contribution in [3.8, 4) is 0 Å². The highest BCUT2D eigenvalue weighted by atomic mass is 79.9. The Labute approximate surface area is 118 Å². The van der Waals surface area contributed by atoms with Crippen LogP contribution in [-0.4, -0.2) is 23.5 Å². The van der Waals surface area contributed by atoms with E-state index in [1.807, 2.05) is 0 Å². The van der Waals surface area contributed by atoms with Gasteiger partial charge in [-0.1, -0.05) is 17.7 Å². The Morgan fingerprint density at radius 2 is 2.06 bits per heavy atom. The van der Waals surface area contributed by atoms with Crippen LogP contribution in [0.1, 0.15) is 24.2 Å². The fraction of sp³-hybridized carbons (Fsp3) is 0.333. The molecule has 0 aliphatic rings. The second-order valence-corrected chi connectivity index (χ2v) is 5.71. The minimum Gasteiger partial charge on any atom is -0.481 e. The monoisotopic (exact) mass is 333 g/mol. The summed E-state index contributed by atoms with van der Waals surface area (Å²) in [5.74, 6) is -1.36. The average Bonchev–Trinajstić information content (AvgIpc) is 2.29. The van der Waals surface area contributed by atoms with Gasteiger partial charge in [-0.3, -0.25) is 9.59 Å². The molecule has 0 spiro atoms. The number of carbonyl (C=O) groups is 2. The Morgan fingerprint density at radius 1 is 1.44 bits per heavy atom. The number of hydrogen-bond acceptors (Lipinski definition) is 2. The number of aliphatic carboxylic acids is 1. The molecule has 4 nitrogen and oxygen atoms in total. The van der Waals surface area contributed by atoms with Gasteiger partial charge in [-0.2, -0.15) is 0 Å². The van der Waals surface area contributed by atoms with Crippen LogP contribution in [0.4, 0.5) is 0 Å². The molecule has 0 saturated heterocycles. The summed E-state index contributed by atoms with van der Waals surface area (Å²) in [5, 5.41) is 11.8. The van der Waals surface area contributed by atoms with Crippen LogP contribution in [0.5, 0.6) is 0 Å². The number of amides is 1. The Balaban J connectivity index is 2.78. The third-order valence-corrected chi connectivity index (χ3v) is 3.76. The highest BCUT2D eigenvalue weighted by Crippen LogP contribution is 2.26. The van der Waals surface area contributed by atoms with E-state index in [9.17, 15) is 9.59 Å². The van der Waals surface area contributed by atoms with Gasteiger partial charge in [-0.05, 0) is 41.9 Å². The number of hydrogen-bond donors (Lipinski definition) is 2. The van der Waals surface area contributed by atoms with Crippen LogP contribution in [0.2, 0.25) is 5.02 Å². The van der Waals surface area contributed by atoms with E-state index >= 15 is 0 Å². The Bertz CT molecular complexity index is 488. The predicted octanol–water partition coefficient (Wildman–Crippen LogP) is 2.94. The molecule has 0 fully saturated rings. The van der Waals surface area contributed by atoms with Crippen LogP contribution in [0, 0.1) is 5.41 Å². The fourth-order valence-electron chi connectivity index (χ4n) is 1.15. The summed E-state index contributed by atoms with van der Waals surface area (Å²) >= 11 is 9.20. The molecule has 0 radical (unpaired) electrons. The zero-order chi connectivity index (χ0) is 13.9. The van der Waals surface area contributed by atoms with E-state index in [2.05, 4.69) is 21.2 Å². The molecule has 0 saturated carbocycles. The highest BCUT2D eigenvalue weighted by molar-refractivity contribution is 9.10. The molecule has 0 bridgehead atoms. The Hall–Kier alpha value is -1.07. The van der Waals surface area contributed by atoms with E-state index in [1.54, 1.807) is 18.2 Å². The van der Waals surface area contributed by atoms with Crippen molar-refractivity contribution in [1.29, 1.82) is 0 Å². The van der Waals surface area contributed by atoms with Gasteiger partial charge < -0.3 is 10.4 Å². The van der Waals surface area contributed by atoms with Gasteiger partial charge in [0.2, 0.25) is 0 Å². The van der Waals surface area contributed by atoms with Gasteiger partial charge in [0.15, 0.2) is 0 Å². The van der Waals surface area contributed by atoms with Crippen LogP contribution in [0.3, 0.4) is 0 Å². The number of carboxylic acid groups (broad SMARTS) is 1. The zero-order valence-electron chi connectivity index (χ0n) is 9.96. The van der Waals surface area contributed by atoms with Gasteiger partial charge in [0, 0.05) is 11.0 Å². The minimum absolute atomic E-state index is 0.0318. The maximum Gasteiger partial charge on any atom is 0.310 e. The van der Waals surface area contributed by atoms with Crippen molar-refractivity contribution < 1.29 is 14.7 Å². The molecule has 2 N–H and O–H groups in total. The molecule has 1 aromatic rings. The molecule has 0 aliphatic heterocycles. The summed E-state index contributed by atoms with van der Waals surface area (Å²) in [6, 6.07) is 4.99. The summed E-state index contributed by atoms with van der Waals surface area (Å²) < 4.78 is 0.620. The topological polar surface area (TPSA) is 66.4 Å². The molecule has 18 heavy (non-hydrogen) atoms. The quantitative estimate of drug-likeness (QED) is 0.889. The summed E-state index contributed by atoms with van der Waals surface area (Å²) in [7, 11) is 0. The van der Waals surface area contributed by atoms with Gasteiger partial charge >= 0.3 is 5.97 Å². The van der Waals surface area contributed by atoms with Crippen molar-refractivity contribution in [2.45, 2.75) is 13.8 Å². The van der Waals surface area contributed by atoms with Gasteiger partial charge in [0.05, 0.1) is 16.0 Å². The third-order valence-electron chi connectivity index (χ3n) is 2.47. The first-order valence-electron chi connectivity index (χ1n) is 5.21. The number of benzene rings is 1. The lowest BCUT2D eigenvalue weighted by molar-refractivity contribution is -0.146. The predicted molar refractivity (Wildman–Crippen MR) is 72.9 cm³/mol. The van der Waals surface area contributed by atoms with Crippen molar-refractivity contribution in [3.63, 3.8) is 0 Å². The molecule has 1 rings (SSSR count). The molecule has 0 heterocycles. The van der Waals surface area contributed by atoms with E-state index in [1.165, 1.54) is 13.8 Å². The second-order valence-electron chi connectivity index (χ2n) is 4.47. The molecular weight excluding hydrogens is 321 g/mol. The lowest BCUT2D eigenvalue weighted by Crippen LogP contribution is -2.39. The number of carboxylic acids is 1. The standard InChI is InChI=1S/C12H13BrClNO3/c1-12(2,11(17)18)6-15-10(16)7-4-3-5-8(13)9(7)14/h3-5H,6H2,1-2H3,(H,15,16)(H,17,18). The molecule has 1 aromatic carbocycles. The first-order valence-corrected chi connectivity index (χ1v) is 6.38. The van der Waals surface area contributed by atoms with Crippen LogP contribution >= 0.6 is 27.5 Å². The van der Waals surface area contributed by atoms with Crippen LogP contribution in [0.15, 0.2) is 22.7 Å². The van der Waals surface area contributed by atoms with Crippen molar-refractivity contribution in [2.24, 2.45) is 5.41 Å². The van der Waals surface area contributed by atoms with E-state index in [0.29, 0.717) is 15.1 Å². The van der Waals surface area contributed by atoms with Gasteiger partial charge in [-0.15, -0.1) is 0 Å². The second kappa shape index (κ2) is 5.71. The third kappa shape index (κ3) is 3.46. The van der Waals surface area contributed by atoms with Gasteiger partial charge in [-0.25, -0.2) is 0 Å². The molecule has 1 amide bonds. The van der Waals surface area contributed by atoms with E-state index < -0.39 is 17.3 Å². The molecule has 0 aliphatic carbocycles. The fourth-order valence-corrected chi connectivity index (χ4v) is 1.73. The molecular formula is C12H13BrClNO3. The summed E-state index contributed by atoms with van der Waals surface area (Å²) in [4.78, 5) is 22.8. The molecule has 0 unspecified atom stereocenters. The van der Waals surface area contributed by atoms with Crippen LogP contribution in [-0.2, 0) is 4.79 Å². The maximum absolute atomic E-state index is 11.9. The number of rotatable bonds is 4. The molecule has 0 aromatic heterocycles. The zero-order valence-corrected chi connectivity index (χ0v) is 12.3. The lowest BCUT2D eigenvalue weighted by atomic mass is 9.94. The molecule has 6 heteroatoms. The molecule has 98 valence electrons. The lowest BCUT2D eigenvalue weighted by Gasteiger charge is -2.19. The molecule has 0 atom stereocenters. The van der Waals surface area contributed by atoms with Crippen molar-refractivity contribution in [1.82, 2.24) is 5.32 Å². The Morgan fingerprint density at radius 3 is 2.61 bits per heavy atom. The summed E-state index contributed by atoms with van der Waals surface area (Å²) in [5.41, 5.74) is -0.707. The summed E-state index contributed by atoms with van der Waals surface area (Å²) in [6.45, 7) is 3.11. The maximum atomic E-state index is 11.9. The average molecular weight is 335 g/mol. The van der Waals surface area contributed by atoms with Gasteiger partial charge in [0.1, 0.15) is 0 Å². The first-order chi connectivity index (χ1) is 8.25. The number of halogens is 2. The van der Waals surface area contributed by atoms with Gasteiger partial charge in [0.25, 0.3) is 5.91 Å².